The zero-order valence-corrected chi connectivity index (χ0v) is 11.8. The molecule has 0 aliphatic carbocycles. The zero-order valence-electron chi connectivity index (χ0n) is 11.8. The molecule has 2 rings (SSSR count). The van der Waals surface area contributed by atoms with Crippen LogP contribution in [0, 0.1) is 11.6 Å². The molecule has 112 valence electrons. The van der Waals surface area contributed by atoms with Crippen molar-refractivity contribution in [3.05, 3.63) is 59.6 Å². The number of carbonyl (C=O) groups excluding carboxylic acids is 1. The fourth-order valence-corrected chi connectivity index (χ4v) is 1.97. The number of nitrogens with zero attached hydrogens (tertiary/aromatic N) is 1. The van der Waals surface area contributed by atoms with Gasteiger partial charge in [0.15, 0.2) is 0 Å². The highest BCUT2D eigenvalue weighted by molar-refractivity contribution is 5.94. The summed E-state index contributed by atoms with van der Waals surface area (Å²) in [6, 6.07) is 6.13. The standard InChI is InChI=1S/C15H16F2N2O2/c1-19(2)13(14-4-3-7-21-14)9-18-15(20)11-8-10(16)5-6-12(11)17/h3-8,13H,9H2,1-2H3,(H,18,20). The van der Waals surface area contributed by atoms with Gasteiger partial charge >= 0.3 is 0 Å². The van der Waals surface area contributed by atoms with Crippen molar-refractivity contribution in [2.75, 3.05) is 20.6 Å². The molecule has 1 amide bonds. The molecule has 21 heavy (non-hydrogen) atoms. The largest absolute Gasteiger partial charge is 0.468 e. The highest BCUT2D eigenvalue weighted by Gasteiger charge is 2.19. The lowest BCUT2D eigenvalue weighted by atomic mass is 10.1. The number of hydrogen-bond acceptors (Lipinski definition) is 3. The summed E-state index contributed by atoms with van der Waals surface area (Å²) >= 11 is 0. The van der Waals surface area contributed by atoms with Crippen molar-refractivity contribution >= 4 is 5.91 Å². The summed E-state index contributed by atoms with van der Waals surface area (Å²) in [4.78, 5) is 13.8. The number of nitrogens with one attached hydrogen (secondary N) is 1. The van der Waals surface area contributed by atoms with E-state index in [2.05, 4.69) is 5.32 Å². The summed E-state index contributed by atoms with van der Waals surface area (Å²) in [5.41, 5.74) is -0.313. The van der Waals surface area contributed by atoms with E-state index in [1.165, 1.54) is 0 Å². The van der Waals surface area contributed by atoms with Gasteiger partial charge in [0.25, 0.3) is 5.91 Å². The number of amides is 1. The normalized spacial score (nSPS) is 12.4. The summed E-state index contributed by atoms with van der Waals surface area (Å²) in [7, 11) is 3.67. The van der Waals surface area contributed by atoms with Gasteiger partial charge in [-0.1, -0.05) is 0 Å². The molecular weight excluding hydrogens is 278 g/mol. The second-order valence-electron chi connectivity index (χ2n) is 4.83. The van der Waals surface area contributed by atoms with Crippen LogP contribution in [0.2, 0.25) is 0 Å². The third-order valence-electron chi connectivity index (χ3n) is 3.12. The van der Waals surface area contributed by atoms with Crippen molar-refractivity contribution in [1.82, 2.24) is 10.2 Å². The summed E-state index contributed by atoms with van der Waals surface area (Å²) < 4.78 is 31.9. The van der Waals surface area contributed by atoms with E-state index >= 15 is 0 Å². The molecule has 1 unspecified atom stereocenters. The summed E-state index contributed by atoms with van der Waals surface area (Å²) in [6.45, 7) is 0.218. The molecule has 0 saturated carbocycles. The van der Waals surface area contributed by atoms with Gasteiger partial charge in [-0.3, -0.25) is 9.69 Å². The minimum absolute atomic E-state index is 0.194. The number of benzene rings is 1. The molecule has 1 aromatic carbocycles. The van der Waals surface area contributed by atoms with Gasteiger partial charge in [0, 0.05) is 6.54 Å². The van der Waals surface area contributed by atoms with Crippen LogP contribution in [-0.2, 0) is 0 Å². The molecule has 0 fully saturated rings. The van der Waals surface area contributed by atoms with Crippen molar-refractivity contribution in [3.63, 3.8) is 0 Å². The molecule has 0 aliphatic rings. The van der Waals surface area contributed by atoms with Crippen molar-refractivity contribution in [2.24, 2.45) is 0 Å². The predicted molar refractivity (Wildman–Crippen MR) is 73.8 cm³/mol. The maximum atomic E-state index is 13.5. The van der Waals surface area contributed by atoms with E-state index in [-0.39, 0.29) is 18.2 Å². The number of furan rings is 1. The fraction of sp³-hybridized carbons (Fsp3) is 0.267. The number of halogens is 2. The van der Waals surface area contributed by atoms with E-state index in [9.17, 15) is 13.6 Å². The van der Waals surface area contributed by atoms with E-state index in [1.807, 2.05) is 19.0 Å². The number of hydrogen-bond donors (Lipinski definition) is 1. The van der Waals surface area contributed by atoms with Gasteiger partial charge in [-0.05, 0) is 44.4 Å². The number of carbonyl (C=O) groups is 1. The number of likely N-dealkylation sites (N-methyl/N-ethyl adjacent to an activating group) is 1. The van der Waals surface area contributed by atoms with Crippen molar-refractivity contribution in [2.45, 2.75) is 6.04 Å². The van der Waals surface area contributed by atoms with Gasteiger partial charge < -0.3 is 9.73 Å². The molecule has 1 atom stereocenters. The van der Waals surface area contributed by atoms with Crippen LogP contribution >= 0.6 is 0 Å². The molecule has 6 heteroatoms. The van der Waals surface area contributed by atoms with Crippen LogP contribution < -0.4 is 5.32 Å². The van der Waals surface area contributed by atoms with Gasteiger partial charge in [0.05, 0.1) is 17.9 Å². The first-order valence-corrected chi connectivity index (χ1v) is 6.42. The maximum absolute atomic E-state index is 13.5. The lowest BCUT2D eigenvalue weighted by Gasteiger charge is -2.22. The maximum Gasteiger partial charge on any atom is 0.254 e. The molecule has 0 spiro atoms. The van der Waals surface area contributed by atoms with Crippen LogP contribution in [0.15, 0.2) is 41.0 Å². The molecule has 0 radical (unpaired) electrons. The number of rotatable bonds is 5. The quantitative estimate of drug-likeness (QED) is 0.922. The third kappa shape index (κ3) is 3.66. The van der Waals surface area contributed by atoms with E-state index in [0.717, 1.165) is 18.2 Å². The Morgan fingerprint density at radius 1 is 1.33 bits per heavy atom. The van der Waals surface area contributed by atoms with Gasteiger partial charge in [-0.15, -0.1) is 0 Å². The second kappa shape index (κ2) is 6.49. The highest BCUT2D eigenvalue weighted by Crippen LogP contribution is 2.18. The topological polar surface area (TPSA) is 45.5 Å². The summed E-state index contributed by atoms with van der Waals surface area (Å²) in [6.07, 6.45) is 1.54. The van der Waals surface area contributed by atoms with Crippen LogP contribution in [0.3, 0.4) is 0 Å². The van der Waals surface area contributed by atoms with Gasteiger partial charge in [0.1, 0.15) is 17.4 Å². The average Bonchev–Trinajstić information content (AvgIpc) is 2.95. The van der Waals surface area contributed by atoms with E-state index in [1.54, 1.807) is 18.4 Å². The van der Waals surface area contributed by atoms with E-state index in [0.29, 0.717) is 5.76 Å². The second-order valence-corrected chi connectivity index (χ2v) is 4.83. The smallest absolute Gasteiger partial charge is 0.254 e. The molecule has 0 aliphatic heterocycles. The molecule has 0 saturated heterocycles. The Morgan fingerprint density at radius 2 is 2.10 bits per heavy atom. The van der Waals surface area contributed by atoms with Crippen LogP contribution in [-0.4, -0.2) is 31.4 Å². The van der Waals surface area contributed by atoms with E-state index in [4.69, 9.17) is 4.42 Å². The molecule has 1 N–H and O–H groups in total. The van der Waals surface area contributed by atoms with E-state index < -0.39 is 17.5 Å². The lowest BCUT2D eigenvalue weighted by Crippen LogP contribution is -2.34. The third-order valence-corrected chi connectivity index (χ3v) is 3.12. The molecular formula is C15H16F2N2O2. The molecule has 1 aromatic heterocycles. The zero-order chi connectivity index (χ0) is 15.4. The average molecular weight is 294 g/mol. The first-order chi connectivity index (χ1) is 9.99. The predicted octanol–water partition coefficient (Wildman–Crippen LogP) is 2.59. The fourth-order valence-electron chi connectivity index (χ4n) is 1.97. The van der Waals surface area contributed by atoms with Crippen molar-refractivity contribution < 1.29 is 18.0 Å². The molecule has 1 heterocycles. The Morgan fingerprint density at radius 3 is 2.71 bits per heavy atom. The van der Waals surface area contributed by atoms with Gasteiger partial charge in [0.2, 0.25) is 0 Å². The Hall–Kier alpha value is -2.21. The SMILES string of the molecule is CN(C)C(CNC(=O)c1cc(F)ccc1F)c1ccco1. The Labute approximate surface area is 121 Å². The first kappa shape index (κ1) is 15.2. The van der Waals surface area contributed by atoms with Crippen molar-refractivity contribution in [3.8, 4) is 0 Å². The highest BCUT2D eigenvalue weighted by atomic mass is 19.1. The first-order valence-electron chi connectivity index (χ1n) is 6.42. The Bertz CT molecular complexity index is 612. The van der Waals surface area contributed by atoms with Gasteiger partial charge in [-0.2, -0.15) is 0 Å². The van der Waals surface area contributed by atoms with Crippen LogP contribution in [0.4, 0.5) is 8.78 Å². The minimum atomic E-state index is -0.756. The lowest BCUT2D eigenvalue weighted by molar-refractivity contribution is 0.0934. The Balaban J connectivity index is 2.07. The van der Waals surface area contributed by atoms with Gasteiger partial charge in [-0.25, -0.2) is 8.78 Å². The Kier molecular flexibility index (Phi) is 4.70. The summed E-state index contributed by atoms with van der Waals surface area (Å²) in [5, 5.41) is 2.59. The van der Waals surface area contributed by atoms with Crippen LogP contribution in [0.5, 0.6) is 0 Å². The minimum Gasteiger partial charge on any atom is -0.468 e. The van der Waals surface area contributed by atoms with Crippen molar-refractivity contribution in [1.29, 1.82) is 0 Å². The van der Waals surface area contributed by atoms with Crippen LogP contribution in [0.25, 0.3) is 0 Å². The molecule has 4 nitrogen and oxygen atoms in total. The molecule has 2 aromatic rings. The molecule has 0 bridgehead atoms. The van der Waals surface area contributed by atoms with Crippen LogP contribution in [0.1, 0.15) is 22.2 Å². The summed E-state index contributed by atoms with van der Waals surface area (Å²) in [5.74, 6) is -1.39. The monoisotopic (exact) mass is 294 g/mol.